The molecule has 0 aromatic carbocycles. The molecule has 2 aromatic heterocycles. The second-order valence-corrected chi connectivity index (χ2v) is 6.27. The Labute approximate surface area is 133 Å². The van der Waals surface area contributed by atoms with Crippen molar-refractivity contribution in [1.29, 1.82) is 0 Å². The third-order valence-electron chi connectivity index (χ3n) is 3.96. The van der Waals surface area contributed by atoms with Crippen LogP contribution in [-0.2, 0) is 6.54 Å². The van der Waals surface area contributed by atoms with Crippen LogP contribution in [0.2, 0.25) is 0 Å². The number of hydrogen-bond donors (Lipinski definition) is 0. The standard InChI is InChI=1S/C16H19N3O2S/c1-2-8-19-15(20)6-5-13(17-19)16(21)18-9-3-4-14(18)12-7-10-22-11-12/h5-7,10-11,14H,2-4,8-9H2,1H3/t14-/m0/s1. The highest BCUT2D eigenvalue weighted by Crippen LogP contribution is 2.33. The van der Waals surface area contributed by atoms with Crippen LogP contribution in [0.4, 0.5) is 0 Å². The Morgan fingerprint density at radius 2 is 2.27 bits per heavy atom. The Kier molecular flexibility index (Phi) is 4.38. The van der Waals surface area contributed by atoms with Crippen molar-refractivity contribution in [1.82, 2.24) is 14.7 Å². The number of rotatable bonds is 4. The number of aryl methyl sites for hydroxylation is 1. The summed E-state index contributed by atoms with van der Waals surface area (Å²) in [6.45, 7) is 3.26. The predicted octanol–water partition coefficient (Wildman–Crippen LogP) is 2.69. The SMILES string of the molecule is CCCn1nc(C(=O)N2CCC[C@H]2c2ccsc2)ccc1=O. The third kappa shape index (κ3) is 2.83. The predicted molar refractivity (Wildman–Crippen MR) is 86.1 cm³/mol. The van der Waals surface area contributed by atoms with Crippen molar-refractivity contribution < 1.29 is 4.79 Å². The first kappa shape index (κ1) is 15.0. The third-order valence-corrected chi connectivity index (χ3v) is 4.66. The Balaban J connectivity index is 1.87. The van der Waals surface area contributed by atoms with E-state index in [0.29, 0.717) is 12.2 Å². The summed E-state index contributed by atoms with van der Waals surface area (Å²) in [5.41, 5.74) is 1.39. The Morgan fingerprint density at radius 1 is 1.41 bits per heavy atom. The Hall–Kier alpha value is -1.95. The molecule has 116 valence electrons. The van der Waals surface area contributed by atoms with Gasteiger partial charge in [0, 0.05) is 19.2 Å². The monoisotopic (exact) mass is 317 g/mol. The van der Waals surface area contributed by atoms with E-state index < -0.39 is 0 Å². The summed E-state index contributed by atoms with van der Waals surface area (Å²) in [6, 6.07) is 5.18. The minimum atomic E-state index is -0.158. The number of hydrogen-bond acceptors (Lipinski definition) is 4. The maximum absolute atomic E-state index is 12.8. The van der Waals surface area contributed by atoms with E-state index in [4.69, 9.17) is 0 Å². The van der Waals surface area contributed by atoms with Crippen LogP contribution in [-0.4, -0.2) is 27.1 Å². The van der Waals surface area contributed by atoms with Crippen LogP contribution in [0, 0.1) is 0 Å². The molecule has 1 aliphatic heterocycles. The van der Waals surface area contributed by atoms with Crippen LogP contribution in [0.3, 0.4) is 0 Å². The number of aromatic nitrogens is 2. The van der Waals surface area contributed by atoms with Gasteiger partial charge in [-0.15, -0.1) is 0 Å². The molecular weight excluding hydrogens is 298 g/mol. The molecule has 22 heavy (non-hydrogen) atoms. The molecule has 1 fully saturated rings. The zero-order valence-corrected chi connectivity index (χ0v) is 13.4. The number of likely N-dealkylation sites (tertiary alicyclic amines) is 1. The van der Waals surface area contributed by atoms with Crippen LogP contribution in [0.15, 0.2) is 33.8 Å². The normalized spacial score (nSPS) is 17.9. The van der Waals surface area contributed by atoms with Crippen molar-refractivity contribution in [2.24, 2.45) is 0 Å². The van der Waals surface area contributed by atoms with E-state index in [1.807, 2.05) is 17.2 Å². The Bertz CT molecular complexity index is 708. The van der Waals surface area contributed by atoms with E-state index >= 15 is 0 Å². The van der Waals surface area contributed by atoms with Crippen molar-refractivity contribution in [2.45, 2.75) is 38.8 Å². The Morgan fingerprint density at radius 3 is 3.00 bits per heavy atom. The molecule has 1 amide bonds. The summed E-state index contributed by atoms with van der Waals surface area (Å²) in [5.74, 6) is -0.0847. The number of carbonyl (C=O) groups excluding carboxylic acids is 1. The van der Waals surface area contributed by atoms with Gasteiger partial charge in [0.15, 0.2) is 0 Å². The van der Waals surface area contributed by atoms with Gasteiger partial charge in [0.2, 0.25) is 0 Å². The van der Waals surface area contributed by atoms with Gasteiger partial charge in [-0.1, -0.05) is 6.92 Å². The summed E-state index contributed by atoms with van der Waals surface area (Å²) < 4.78 is 1.38. The molecule has 0 bridgehead atoms. The molecule has 5 nitrogen and oxygen atoms in total. The fourth-order valence-electron chi connectivity index (χ4n) is 2.90. The second-order valence-electron chi connectivity index (χ2n) is 5.49. The van der Waals surface area contributed by atoms with Crippen LogP contribution >= 0.6 is 11.3 Å². The highest BCUT2D eigenvalue weighted by molar-refractivity contribution is 7.07. The molecular formula is C16H19N3O2S. The molecule has 1 atom stereocenters. The van der Waals surface area contributed by atoms with E-state index in [2.05, 4.69) is 16.5 Å². The lowest BCUT2D eigenvalue weighted by Gasteiger charge is -2.24. The van der Waals surface area contributed by atoms with Crippen LogP contribution in [0.5, 0.6) is 0 Å². The first-order chi connectivity index (χ1) is 10.7. The average Bonchev–Trinajstić information content (AvgIpc) is 3.19. The molecule has 3 rings (SSSR count). The number of amides is 1. The van der Waals surface area contributed by atoms with Gasteiger partial charge in [0.05, 0.1) is 6.04 Å². The van der Waals surface area contributed by atoms with Crippen LogP contribution < -0.4 is 5.56 Å². The first-order valence-electron chi connectivity index (χ1n) is 7.62. The fraction of sp³-hybridized carbons (Fsp3) is 0.438. The van der Waals surface area contributed by atoms with Gasteiger partial charge in [-0.25, -0.2) is 4.68 Å². The quantitative estimate of drug-likeness (QED) is 0.871. The lowest BCUT2D eigenvalue weighted by molar-refractivity contribution is 0.0727. The highest BCUT2D eigenvalue weighted by atomic mass is 32.1. The largest absolute Gasteiger partial charge is 0.330 e. The first-order valence-corrected chi connectivity index (χ1v) is 8.56. The van der Waals surface area contributed by atoms with Gasteiger partial charge in [0.25, 0.3) is 11.5 Å². The van der Waals surface area contributed by atoms with Gasteiger partial charge in [-0.05, 0) is 47.7 Å². The lowest BCUT2D eigenvalue weighted by Crippen LogP contribution is -2.33. The summed E-state index contributed by atoms with van der Waals surface area (Å²) in [6.07, 6.45) is 2.80. The molecule has 0 radical (unpaired) electrons. The van der Waals surface area contributed by atoms with Crippen molar-refractivity contribution in [3.63, 3.8) is 0 Å². The maximum Gasteiger partial charge on any atom is 0.274 e. The molecule has 2 aromatic rings. The average molecular weight is 317 g/mol. The van der Waals surface area contributed by atoms with Gasteiger partial charge in [-0.2, -0.15) is 16.4 Å². The minimum Gasteiger partial charge on any atom is -0.330 e. The van der Waals surface area contributed by atoms with Gasteiger partial charge in [-0.3, -0.25) is 9.59 Å². The van der Waals surface area contributed by atoms with Crippen LogP contribution in [0.25, 0.3) is 0 Å². The van der Waals surface area contributed by atoms with Crippen molar-refractivity contribution >= 4 is 17.2 Å². The lowest BCUT2D eigenvalue weighted by atomic mass is 10.1. The van der Waals surface area contributed by atoms with E-state index in [-0.39, 0.29) is 17.5 Å². The fourth-order valence-corrected chi connectivity index (χ4v) is 3.61. The molecule has 1 aliphatic rings. The molecule has 0 saturated carbocycles. The van der Waals surface area contributed by atoms with E-state index in [9.17, 15) is 9.59 Å². The van der Waals surface area contributed by atoms with Crippen molar-refractivity contribution in [3.05, 3.63) is 50.6 Å². The molecule has 3 heterocycles. The van der Waals surface area contributed by atoms with E-state index in [1.165, 1.54) is 16.3 Å². The van der Waals surface area contributed by atoms with E-state index in [1.54, 1.807) is 17.4 Å². The summed E-state index contributed by atoms with van der Waals surface area (Å²) in [7, 11) is 0. The summed E-state index contributed by atoms with van der Waals surface area (Å²) in [5, 5.41) is 8.37. The number of nitrogens with zero attached hydrogens (tertiary/aromatic N) is 3. The molecule has 0 spiro atoms. The summed E-state index contributed by atoms with van der Waals surface area (Å²) >= 11 is 1.65. The maximum atomic E-state index is 12.8. The molecule has 1 saturated heterocycles. The van der Waals surface area contributed by atoms with Gasteiger partial charge < -0.3 is 4.90 Å². The number of thiophene rings is 1. The molecule has 0 N–H and O–H groups in total. The zero-order chi connectivity index (χ0) is 15.5. The minimum absolute atomic E-state index is 0.0847. The second kappa shape index (κ2) is 6.44. The molecule has 0 aliphatic carbocycles. The number of carbonyl (C=O) groups is 1. The molecule has 6 heteroatoms. The highest BCUT2D eigenvalue weighted by Gasteiger charge is 2.31. The topological polar surface area (TPSA) is 55.2 Å². The smallest absolute Gasteiger partial charge is 0.274 e. The van der Waals surface area contributed by atoms with Crippen molar-refractivity contribution in [3.8, 4) is 0 Å². The van der Waals surface area contributed by atoms with Crippen molar-refractivity contribution in [2.75, 3.05) is 6.54 Å². The van der Waals surface area contributed by atoms with Gasteiger partial charge in [0.1, 0.15) is 5.69 Å². The summed E-state index contributed by atoms with van der Waals surface area (Å²) in [4.78, 5) is 26.4. The zero-order valence-electron chi connectivity index (χ0n) is 12.6. The van der Waals surface area contributed by atoms with E-state index in [0.717, 1.165) is 25.8 Å². The van der Waals surface area contributed by atoms with Gasteiger partial charge >= 0.3 is 0 Å². The van der Waals surface area contributed by atoms with Crippen LogP contribution in [0.1, 0.15) is 48.3 Å². The molecule has 0 unspecified atom stereocenters.